The van der Waals surface area contributed by atoms with E-state index in [0.717, 1.165) is 6.54 Å². The van der Waals surface area contributed by atoms with E-state index in [1.165, 1.54) is 12.8 Å². The molecule has 2 N–H and O–H groups in total. The lowest BCUT2D eigenvalue weighted by atomic mass is 9.99. The summed E-state index contributed by atoms with van der Waals surface area (Å²) >= 11 is 0. The summed E-state index contributed by atoms with van der Waals surface area (Å²) in [6.45, 7) is 1.79. The highest BCUT2D eigenvalue weighted by Crippen LogP contribution is 2.33. The van der Waals surface area contributed by atoms with Gasteiger partial charge < -0.3 is 5.11 Å². The maximum atomic E-state index is 11.3. The Balaban J connectivity index is 2.01. The highest BCUT2D eigenvalue weighted by atomic mass is 16.4. The molecule has 15 heavy (non-hydrogen) atoms. The molecule has 2 rings (SSSR count). The van der Waals surface area contributed by atoms with Crippen LogP contribution in [0.5, 0.6) is 0 Å². The molecule has 1 aliphatic carbocycles. The fraction of sp³-hybridized carbons (Fsp3) is 0.727. The molecule has 1 saturated carbocycles. The van der Waals surface area contributed by atoms with Crippen molar-refractivity contribution in [2.45, 2.75) is 30.8 Å². The summed E-state index contributed by atoms with van der Waals surface area (Å²) in [7, 11) is 0. The van der Waals surface area contributed by atoms with E-state index in [-0.39, 0.29) is 0 Å². The van der Waals surface area contributed by atoms with Gasteiger partial charge in [0.15, 0.2) is 0 Å². The first kappa shape index (κ1) is 10.5. The maximum Gasteiger partial charge on any atom is 0.325 e. The van der Waals surface area contributed by atoms with Gasteiger partial charge in [-0.05, 0) is 19.3 Å². The molecule has 1 atom stereocenters. The molecule has 0 bridgehead atoms. The molecule has 0 aromatic carbocycles. The second-order valence-corrected chi connectivity index (χ2v) is 4.40. The summed E-state index contributed by atoms with van der Waals surface area (Å²) in [6, 6.07) is 0.624. The standard InChI is InChI=1S/C11H16N2O2/c1-2-6-12-11(10(14)15)5-7-13(8-11)9-3-4-9/h1,9,12H,3-8H2,(H,14,15). The first-order valence-electron chi connectivity index (χ1n) is 5.34. The van der Waals surface area contributed by atoms with Crippen LogP contribution in [-0.2, 0) is 4.79 Å². The van der Waals surface area contributed by atoms with Gasteiger partial charge in [0.05, 0.1) is 6.54 Å². The molecule has 0 amide bonds. The predicted octanol–water partition coefficient (Wildman–Crippen LogP) is -0.0993. The molecule has 4 nitrogen and oxygen atoms in total. The first-order valence-corrected chi connectivity index (χ1v) is 5.34. The Kier molecular flexibility index (Phi) is 2.68. The minimum atomic E-state index is -0.811. The predicted molar refractivity (Wildman–Crippen MR) is 56.4 cm³/mol. The Morgan fingerprint density at radius 2 is 2.40 bits per heavy atom. The minimum absolute atomic E-state index is 0.324. The molecule has 0 radical (unpaired) electrons. The van der Waals surface area contributed by atoms with Crippen molar-refractivity contribution in [1.82, 2.24) is 10.2 Å². The molecule has 1 saturated heterocycles. The fourth-order valence-electron chi connectivity index (χ4n) is 2.21. The summed E-state index contributed by atoms with van der Waals surface area (Å²) in [4.78, 5) is 13.5. The Morgan fingerprint density at radius 1 is 1.67 bits per heavy atom. The molecule has 0 aromatic rings. The number of hydrogen-bond donors (Lipinski definition) is 2. The second-order valence-electron chi connectivity index (χ2n) is 4.40. The molecule has 1 unspecified atom stereocenters. The average Bonchev–Trinajstić information content (AvgIpc) is 2.97. The summed E-state index contributed by atoms with van der Waals surface area (Å²) in [5.41, 5.74) is -0.811. The molecule has 4 heteroatoms. The van der Waals surface area contributed by atoms with Crippen molar-refractivity contribution in [2.75, 3.05) is 19.6 Å². The van der Waals surface area contributed by atoms with Crippen molar-refractivity contribution >= 4 is 5.97 Å². The first-order chi connectivity index (χ1) is 7.18. The van der Waals surface area contributed by atoms with Crippen LogP contribution in [-0.4, -0.2) is 47.2 Å². The van der Waals surface area contributed by atoms with E-state index < -0.39 is 11.5 Å². The molecule has 1 heterocycles. The van der Waals surface area contributed by atoms with Crippen molar-refractivity contribution in [1.29, 1.82) is 0 Å². The number of likely N-dealkylation sites (tertiary alicyclic amines) is 1. The monoisotopic (exact) mass is 208 g/mol. The van der Waals surface area contributed by atoms with Gasteiger partial charge in [-0.2, -0.15) is 0 Å². The van der Waals surface area contributed by atoms with Crippen LogP contribution in [0.15, 0.2) is 0 Å². The number of carbonyl (C=O) groups is 1. The normalized spacial score (nSPS) is 31.4. The van der Waals surface area contributed by atoms with Gasteiger partial charge >= 0.3 is 5.97 Å². The SMILES string of the molecule is C#CCNC1(C(=O)O)CCN(C2CC2)C1. The number of hydrogen-bond acceptors (Lipinski definition) is 3. The summed E-state index contributed by atoms with van der Waals surface area (Å²) in [5.74, 6) is 1.66. The molecule has 0 spiro atoms. The van der Waals surface area contributed by atoms with Gasteiger partial charge in [-0.25, -0.2) is 0 Å². The molecule has 2 fully saturated rings. The van der Waals surface area contributed by atoms with E-state index in [1.54, 1.807) is 0 Å². The van der Waals surface area contributed by atoms with Crippen molar-refractivity contribution in [3.63, 3.8) is 0 Å². The third-order valence-electron chi connectivity index (χ3n) is 3.30. The van der Waals surface area contributed by atoms with Gasteiger partial charge in [0.2, 0.25) is 0 Å². The minimum Gasteiger partial charge on any atom is -0.480 e. The van der Waals surface area contributed by atoms with Crippen LogP contribution < -0.4 is 5.32 Å². The lowest BCUT2D eigenvalue weighted by Crippen LogP contribution is -2.54. The van der Waals surface area contributed by atoms with Crippen LogP contribution in [0.3, 0.4) is 0 Å². The molecule has 2 aliphatic rings. The van der Waals surface area contributed by atoms with E-state index in [2.05, 4.69) is 16.1 Å². The fourth-order valence-corrected chi connectivity index (χ4v) is 2.21. The van der Waals surface area contributed by atoms with Crippen LogP contribution in [0, 0.1) is 12.3 Å². The van der Waals surface area contributed by atoms with Crippen LogP contribution in [0.2, 0.25) is 0 Å². The Hall–Kier alpha value is -1.05. The lowest BCUT2D eigenvalue weighted by Gasteiger charge is -2.25. The van der Waals surface area contributed by atoms with Gasteiger partial charge in [0.1, 0.15) is 5.54 Å². The van der Waals surface area contributed by atoms with E-state index in [4.69, 9.17) is 6.42 Å². The van der Waals surface area contributed by atoms with Crippen LogP contribution >= 0.6 is 0 Å². The Morgan fingerprint density at radius 3 is 2.93 bits per heavy atom. The van der Waals surface area contributed by atoms with E-state index in [9.17, 15) is 9.90 Å². The van der Waals surface area contributed by atoms with Crippen molar-refractivity contribution in [3.8, 4) is 12.3 Å². The number of aliphatic carboxylic acids is 1. The molecular weight excluding hydrogens is 192 g/mol. The Labute approximate surface area is 89.6 Å². The zero-order valence-electron chi connectivity index (χ0n) is 8.70. The molecule has 1 aliphatic heterocycles. The largest absolute Gasteiger partial charge is 0.480 e. The highest BCUT2D eigenvalue weighted by Gasteiger charge is 2.47. The van der Waals surface area contributed by atoms with Crippen molar-refractivity contribution in [2.24, 2.45) is 0 Å². The van der Waals surface area contributed by atoms with E-state index >= 15 is 0 Å². The summed E-state index contributed by atoms with van der Waals surface area (Å²) < 4.78 is 0. The molecular formula is C11H16N2O2. The summed E-state index contributed by atoms with van der Waals surface area (Å²) in [5, 5.41) is 12.2. The van der Waals surface area contributed by atoms with Crippen molar-refractivity contribution in [3.05, 3.63) is 0 Å². The smallest absolute Gasteiger partial charge is 0.325 e. The van der Waals surface area contributed by atoms with Crippen LogP contribution in [0.1, 0.15) is 19.3 Å². The van der Waals surface area contributed by atoms with Gasteiger partial charge in [-0.1, -0.05) is 5.92 Å². The third kappa shape index (κ3) is 1.99. The number of carboxylic acid groups (broad SMARTS) is 1. The third-order valence-corrected chi connectivity index (χ3v) is 3.30. The van der Waals surface area contributed by atoms with Crippen molar-refractivity contribution < 1.29 is 9.90 Å². The Bertz CT molecular complexity index is 306. The number of nitrogens with zero attached hydrogens (tertiary/aromatic N) is 1. The van der Waals surface area contributed by atoms with Crippen LogP contribution in [0.4, 0.5) is 0 Å². The number of rotatable bonds is 4. The molecule has 0 aromatic heterocycles. The van der Waals surface area contributed by atoms with Gasteiger partial charge in [-0.15, -0.1) is 6.42 Å². The second kappa shape index (κ2) is 3.84. The molecule has 82 valence electrons. The van der Waals surface area contributed by atoms with E-state index in [0.29, 0.717) is 25.6 Å². The van der Waals surface area contributed by atoms with Gasteiger partial charge in [-0.3, -0.25) is 15.0 Å². The summed E-state index contributed by atoms with van der Waals surface area (Å²) in [6.07, 6.45) is 8.23. The quantitative estimate of drug-likeness (QED) is 0.634. The number of terminal acetylenes is 1. The average molecular weight is 208 g/mol. The zero-order chi connectivity index (χ0) is 10.9. The topological polar surface area (TPSA) is 52.6 Å². The highest BCUT2D eigenvalue weighted by molar-refractivity contribution is 5.79. The lowest BCUT2D eigenvalue weighted by molar-refractivity contribution is -0.144. The van der Waals surface area contributed by atoms with Gasteiger partial charge in [0, 0.05) is 19.1 Å². The van der Waals surface area contributed by atoms with Crippen LogP contribution in [0.25, 0.3) is 0 Å². The van der Waals surface area contributed by atoms with Gasteiger partial charge in [0.25, 0.3) is 0 Å². The zero-order valence-corrected chi connectivity index (χ0v) is 8.70. The number of nitrogens with one attached hydrogen (secondary N) is 1. The maximum absolute atomic E-state index is 11.3. The van der Waals surface area contributed by atoms with E-state index in [1.807, 2.05) is 0 Å². The number of carboxylic acids is 1.